The fourth-order valence-corrected chi connectivity index (χ4v) is 2.70. The maximum absolute atomic E-state index is 4.81. The van der Waals surface area contributed by atoms with E-state index in [4.69, 9.17) is 4.98 Å². The van der Waals surface area contributed by atoms with Gasteiger partial charge in [0.15, 0.2) is 0 Å². The van der Waals surface area contributed by atoms with Crippen molar-refractivity contribution in [3.63, 3.8) is 0 Å². The SMILES string of the molecule is Cc1ccc2nc(CC(C)C)c(NCc3ccccc3)n2c1. The quantitative estimate of drug-likeness (QED) is 0.753. The van der Waals surface area contributed by atoms with Gasteiger partial charge in [-0.25, -0.2) is 4.98 Å². The molecule has 3 rings (SSSR count). The molecule has 0 bridgehead atoms. The molecule has 1 N–H and O–H groups in total. The minimum atomic E-state index is 0.586. The van der Waals surface area contributed by atoms with Crippen LogP contribution in [0.4, 0.5) is 5.82 Å². The number of hydrogen-bond acceptors (Lipinski definition) is 2. The van der Waals surface area contributed by atoms with E-state index in [0.29, 0.717) is 5.92 Å². The normalized spacial score (nSPS) is 11.3. The summed E-state index contributed by atoms with van der Waals surface area (Å²) in [5, 5.41) is 3.59. The molecule has 0 atom stereocenters. The van der Waals surface area contributed by atoms with Crippen molar-refractivity contribution in [2.75, 3.05) is 5.32 Å². The van der Waals surface area contributed by atoms with Crippen molar-refractivity contribution in [1.82, 2.24) is 9.38 Å². The van der Waals surface area contributed by atoms with Crippen LogP contribution in [-0.2, 0) is 13.0 Å². The Morgan fingerprint density at radius 3 is 2.59 bits per heavy atom. The number of hydrogen-bond donors (Lipinski definition) is 1. The van der Waals surface area contributed by atoms with E-state index < -0.39 is 0 Å². The van der Waals surface area contributed by atoms with Gasteiger partial charge in [-0.1, -0.05) is 50.2 Å². The van der Waals surface area contributed by atoms with Crippen molar-refractivity contribution >= 4 is 11.5 Å². The van der Waals surface area contributed by atoms with Crippen molar-refractivity contribution in [2.24, 2.45) is 5.92 Å². The molecule has 0 aliphatic carbocycles. The van der Waals surface area contributed by atoms with E-state index in [-0.39, 0.29) is 0 Å². The summed E-state index contributed by atoms with van der Waals surface area (Å²) in [5.41, 5.74) is 4.68. The van der Waals surface area contributed by atoms with Crippen LogP contribution in [0.3, 0.4) is 0 Å². The molecule has 1 aromatic carbocycles. The number of benzene rings is 1. The molecule has 0 aliphatic rings. The summed E-state index contributed by atoms with van der Waals surface area (Å²) in [6, 6.07) is 14.7. The summed E-state index contributed by atoms with van der Waals surface area (Å²) < 4.78 is 2.18. The first-order valence-electron chi connectivity index (χ1n) is 7.89. The predicted octanol–water partition coefficient (Wildman–Crippen LogP) is 4.45. The zero-order chi connectivity index (χ0) is 15.5. The first-order valence-corrected chi connectivity index (χ1v) is 7.89. The van der Waals surface area contributed by atoms with Crippen LogP contribution in [0.2, 0.25) is 0 Å². The summed E-state index contributed by atoms with van der Waals surface area (Å²) in [7, 11) is 0. The van der Waals surface area contributed by atoms with E-state index in [1.165, 1.54) is 11.1 Å². The third kappa shape index (κ3) is 3.14. The highest BCUT2D eigenvalue weighted by Gasteiger charge is 2.13. The zero-order valence-electron chi connectivity index (χ0n) is 13.5. The minimum absolute atomic E-state index is 0.586. The Labute approximate surface area is 132 Å². The lowest BCUT2D eigenvalue weighted by atomic mass is 10.1. The van der Waals surface area contributed by atoms with Gasteiger partial charge in [0.25, 0.3) is 0 Å². The molecule has 114 valence electrons. The number of pyridine rings is 1. The van der Waals surface area contributed by atoms with Crippen LogP contribution in [0, 0.1) is 12.8 Å². The average Bonchev–Trinajstić information content (AvgIpc) is 2.82. The van der Waals surface area contributed by atoms with E-state index in [9.17, 15) is 0 Å². The number of aromatic nitrogens is 2. The third-order valence-corrected chi connectivity index (χ3v) is 3.74. The topological polar surface area (TPSA) is 29.3 Å². The Hall–Kier alpha value is -2.29. The monoisotopic (exact) mass is 293 g/mol. The van der Waals surface area contributed by atoms with E-state index in [2.05, 4.69) is 73.1 Å². The molecule has 2 aromatic heterocycles. The Kier molecular flexibility index (Phi) is 4.14. The molecule has 3 heteroatoms. The van der Waals surface area contributed by atoms with E-state index in [1.807, 2.05) is 6.07 Å². The summed E-state index contributed by atoms with van der Waals surface area (Å²) in [6.07, 6.45) is 3.14. The minimum Gasteiger partial charge on any atom is -0.366 e. The van der Waals surface area contributed by atoms with Gasteiger partial charge >= 0.3 is 0 Å². The Morgan fingerprint density at radius 1 is 1.09 bits per heavy atom. The van der Waals surface area contributed by atoms with Gasteiger partial charge in [-0.15, -0.1) is 0 Å². The maximum Gasteiger partial charge on any atom is 0.138 e. The number of anilines is 1. The largest absolute Gasteiger partial charge is 0.366 e. The molecule has 2 heterocycles. The summed E-state index contributed by atoms with van der Waals surface area (Å²) in [4.78, 5) is 4.81. The lowest BCUT2D eigenvalue weighted by Gasteiger charge is -2.10. The highest BCUT2D eigenvalue weighted by molar-refractivity contribution is 5.56. The molecule has 0 spiro atoms. The summed E-state index contributed by atoms with van der Waals surface area (Å²) in [6.45, 7) is 7.39. The molecule has 0 saturated carbocycles. The highest BCUT2D eigenvalue weighted by atomic mass is 15.1. The molecule has 0 radical (unpaired) electrons. The van der Waals surface area contributed by atoms with Gasteiger partial charge in [-0.05, 0) is 36.5 Å². The van der Waals surface area contributed by atoms with E-state index in [0.717, 1.165) is 30.1 Å². The number of imidazole rings is 1. The second-order valence-electron chi connectivity index (χ2n) is 6.28. The molecule has 0 amide bonds. The Bertz CT molecular complexity index is 757. The summed E-state index contributed by atoms with van der Waals surface area (Å²) in [5.74, 6) is 1.71. The van der Waals surface area contributed by atoms with Gasteiger partial charge < -0.3 is 5.32 Å². The van der Waals surface area contributed by atoms with Crippen molar-refractivity contribution in [3.8, 4) is 0 Å². The average molecular weight is 293 g/mol. The zero-order valence-corrected chi connectivity index (χ0v) is 13.5. The molecular formula is C19H23N3. The second-order valence-corrected chi connectivity index (χ2v) is 6.28. The van der Waals surface area contributed by atoms with E-state index >= 15 is 0 Å². The molecule has 0 unspecified atom stereocenters. The van der Waals surface area contributed by atoms with Gasteiger partial charge in [-0.2, -0.15) is 0 Å². The lowest BCUT2D eigenvalue weighted by molar-refractivity contribution is 0.638. The fraction of sp³-hybridized carbons (Fsp3) is 0.316. The Balaban J connectivity index is 1.95. The van der Waals surface area contributed by atoms with Crippen LogP contribution in [0.15, 0.2) is 48.7 Å². The molecule has 0 aliphatic heterocycles. The third-order valence-electron chi connectivity index (χ3n) is 3.74. The van der Waals surface area contributed by atoms with Crippen LogP contribution in [-0.4, -0.2) is 9.38 Å². The fourth-order valence-electron chi connectivity index (χ4n) is 2.70. The van der Waals surface area contributed by atoms with Crippen molar-refractivity contribution in [3.05, 3.63) is 65.5 Å². The van der Waals surface area contributed by atoms with Gasteiger partial charge in [0.1, 0.15) is 11.5 Å². The number of fused-ring (bicyclic) bond motifs is 1. The number of nitrogens with one attached hydrogen (secondary N) is 1. The van der Waals surface area contributed by atoms with Crippen LogP contribution >= 0.6 is 0 Å². The van der Waals surface area contributed by atoms with Gasteiger partial charge in [0, 0.05) is 12.7 Å². The maximum atomic E-state index is 4.81. The standard InChI is InChI=1S/C19H23N3/c1-14(2)11-17-19(20-12-16-7-5-4-6-8-16)22-13-15(3)9-10-18(22)21-17/h4-10,13-14,20H,11-12H2,1-3H3. The molecule has 3 aromatic rings. The molecular weight excluding hydrogens is 270 g/mol. The van der Waals surface area contributed by atoms with Crippen molar-refractivity contribution < 1.29 is 0 Å². The lowest BCUT2D eigenvalue weighted by Crippen LogP contribution is -2.06. The van der Waals surface area contributed by atoms with Gasteiger partial charge in [-0.3, -0.25) is 4.40 Å². The molecule has 0 fully saturated rings. The van der Waals surface area contributed by atoms with Crippen LogP contribution in [0.25, 0.3) is 5.65 Å². The molecule has 3 nitrogen and oxygen atoms in total. The summed E-state index contributed by atoms with van der Waals surface area (Å²) >= 11 is 0. The smallest absolute Gasteiger partial charge is 0.138 e. The predicted molar refractivity (Wildman–Crippen MR) is 92.2 cm³/mol. The van der Waals surface area contributed by atoms with Crippen molar-refractivity contribution in [1.29, 1.82) is 0 Å². The number of nitrogens with zero attached hydrogens (tertiary/aromatic N) is 2. The van der Waals surface area contributed by atoms with Gasteiger partial charge in [0.05, 0.1) is 5.69 Å². The Morgan fingerprint density at radius 2 is 1.86 bits per heavy atom. The molecule has 0 saturated heterocycles. The molecule has 22 heavy (non-hydrogen) atoms. The highest BCUT2D eigenvalue weighted by Crippen LogP contribution is 2.22. The van der Waals surface area contributed by atoms with E-state index in [1.54, 1.807) is 0 Å². The second kappa shape index (κ2) is 6.22. The van der Waals surface area contributed by atoms with Crippen LogP contribution in [0.1, 0.15) is 30.7 Å². The van der Waals surface area contributed by atoms with Crippen LogP contribution in [0.5, 0.6) is 0 Å². The number of aryl methyl sites for hydroxylation is 1. The first-order chi connectivity index (χ1) is 10.6. The van der Waals surface area contributed by atoms with Gasteiger partial charge in [0.2, 0.25) is 0 Å². The number of rotatable bonds is 5. The first kappa shape index (κ1) is 14.6. The van der Waals surface area contributed by atoms with Crippen molar-refractivity contribution in [2.45, 2.75) is 33.7 Å². The van der Waals surface area contributed by atoms with Crippen LogP contribution < -0.4 is 5.32 Å².